The zero-order valence-corrected chi connectivity index (χ0v) is 11.5. The predicted molar refractivity (Wildman–Crippen MR) is 76.4 cm³/mol. The summed E-state index contributed by atoms with van der Waals surface area (Å²) < 4.78 is 5.55. The van der Waals surface area contributed by atoms with Crippen LogP contribution < -0.4 is 15.4 Å². The number of rotatable bonds is 5. The van der Waals surface area contributed by atoms with Crippen molar-refractivity contribution < 1.29 is 4.74 Å². The van der Waals surface area contributed by atoms with Crippen LogP contribution >= 0.6 is 0 Å². The monoisotopic (exact) mass is 248 g/mol. The van der Waals surface area contributed by atoms with Gasteiger partial charge < -0.3 is 15.4 Å². The predicted octanol–water partition coefficient (Wildman–Crippen LogP) is 2.81. The molecule has 1 saturated heterocycles. The Labute approximate surface area is 110 Å². The van der Waals surface area contributed by atoms with Crippen molar-refractivity contribution in [3.05, 3.63) is 23.8 Å². The van der Waals surface area contributed by atoms with Crippen LogP contribution in [0.4, 0.5) is 5.69 Å². The molecule has 1 fully saturated rings. The van der Waals surface area contributed by atoms with Gasteiger partial charge in [-0.2, -0.15) is 0 Å². The largest absolute Gasteiger partial charge is 0.494 e. The first-order chi connectivity index (χ1) is 8.79. The van der Waals surface area contributed by atoms with Gasteiger partial charge in [0.25, 0.3) is 0 Å². The Kier molecular flexibility index (Phi) is 4.88. The molecule has 1 unspecified atom stereocenters. The Morgan fingerprint density at radius 2 is 2.33 bits per heavy atom. The molecule has 18 heavy (non-hydrogen) atoms. The van der Waals surface area contributed by atoms with Crippen molar-refractivity contribution in [2.24, 2.45) is 5.92 Å². The van der Waals surface area contributed by atoms with E-state index < -0.39 is 0 Å². The van der Waals surface area contributed by atoms with Crippen LogP contribution in [0.3, 0.4) is 0 Å². The second-order valence-electron chi connectivity index (χ2n) is 5.01. The summed E-state index contributed by atoms with van der Waals surface area (Å²) >= 11 is 0. The number of ether oxygens (including phenoxy) is 1. The van der Waals surface area contributed by atoms with Crippen LogP contribution in [0.2, 0.25) is 0 Å². The van der Waals surface area contributed by atoms with E-state index >= 15 is 0 Å². The molecule has 1 aliphatic heterocycles. The lowest BCUT2D eigenvalue weighted by Gasteiger charge is -2.23. The Bertz CT molecular complexity index is 373. The summed E-state index contributed by atoms with van der Waals surface area (Å²) in [5, 5.41) is 6.98. The first kappa shape index (κ1) is 13.2. The summed E-state index contributed by atoms with van der Waals surface area (Å²) in [5.74, 6) is 1.74. The first-order valence-electron chi connectivity index (χ1n) is 6.97. The highest BCUT2D eigenvalue weighted by Crippen LogP contribution is 2.22. The molecule has 100 valence electrons. The lowest BCUT2D eigenvalue weighted by atomic mass is 9.99. The highest BCUT2D eigenvalue weighted by molar-refractivity contribution is 5.50. The van der Waals surface area contributed by atoms with Gasteiger partial charge in [-0.3, -0.25) is 0 Å². The summed E-state index contributed by atoms with van der Waals surface area (Å²) in [4.78, 5) is 0. The van der Waals surface area contributed by atoms with Crippen molar-refractivity contribution in [1.29, 1.82) is 0 Å². The Morgan fingerprint density at radius 1 is 1.44 bits per heavy atom. The fourth-order valence-electron chi connectivity index (χ4n) is 2.44. The third-order valence-corrected chi connectivity index (χ3v) is 3.47. The number of hydrogen-bond acceptors (Lipinski definition) is 3. The first-order valence-corrected chi connectivity index (χ1v) is 6.97. The van der Waals surface area contributed by atoms with Gasteiger partial charge in [-0.25, -0.2) is 0 Å². The van der Waals surface area contributed by atoms with E-state index in [1.54, 1.807) is 0 Å². The van der Waals surface area contributed by atoms with Gasteiger partial charge in [0.05, 0.1) is 6.61 Å². The van der Waals surface area contributed by atoms with Crippen molar-refractivity contribution in [1.82, 2.24) is 5.32 Å². The van der Waals surface area contributed by atoms with Gasteiger partial charge in [0.1, 0.15) is 5.75 Å². The van der Waals surface area contributed by atoms with Crippen molar-refractivity contribution >= 4 is 5.69 Å². The molecule has 0 bridgehead atoms. The van der Waals surface area contributed by atoms with Gasteiger partial charge in [0.2, 0.25) is 0 Å². The van der Waals surface area contributed by atoms with Crippen LogP contribution in [-0.2, 0) is 0 Å². The van der Waals surface area contributed by atoms with E-state index in [0.29, 0.717) is 0 Å². The fraction of sp³-hybridized carbons (Fsp3) is 0.600. The molecule has 3 heteroatoms. The quantitative estimate of drug-likeness (QED) is 0.840. The van der Waals surface area contributed by atoms with Crippen LogP contribution in [-0.4, -0.2) is 26.2 Å². The zero-order valence-electron chi connectivity index (χ0n) is 11.5. The molecule has 0 aromatic heterocycles. The lowest BCUT2D eigenvalue weighted by molar-refractivity contribution is 0.338. The topological polar surface area (TPSA) is 33.3 Å². The zero-order chi connectivity index (χ0) is 12.8. The molecule has 0 radical (unpaired) electrons. The maximum Gasteiger partial charge on any atom is 0.122 e. The van der Waals surface area contributed by atoms with E-state index in [2.05, 4.69) is 35.8 Å². The molecule has 2 rings (SSSR count). The Balaban J connectivity index is 1.87. The third kappa shape index (κ3) is 3.64. The van der Waals surface area contributed by atoms with Gasteiger partial charge in [0.15, 0.2) is 0 Å². The van der Waals surface area contributed by atoms with Crippen molar-refractivity contribution in [2.45, 2.75) is 26.7 Å². The number of piperidine rings is 1. The van der Waals surface area contributed by atoms with Crippen LogP contribution in [0.5, 0.6) is 5.75 Å². The van der Waals surface area contributed by atoms with E-state index in [-0.39, 0.29) is 0 Å². The van der Waals surface area contributed by atoms with Gasteiger partial charge in [0, 0.05) is 12.2 Å². The van der Waals surface area contributed by atoms with Crippen LogP contribution in [0.1, 0.15) is 25.3 Å². The van der Waals surface area contributed by atoms with Gasteiger partial charge in [-0.15, -0.1) is 0 Å². The summed E-state index contributed by atoms with van der Waals surface area (Å²) in [5.41, 5.74) is 2.39. The van der Waals surface area contributed by atoms with Gasteiger partial charge in [-0.1, -0.05) is 0 Å². The fourth-order valence-corrected chi connectivity index (χ4v) is 2.44. The highest BCUT2D eigenvalue weighted by atomic mass is 16.5. The molecule has 0 spiro atoms. The Hall–Kier alpha value is -1.22. The van der Waals surface area contributed by atoms with Crippen LogP contribution in [0.15, 0.2) is 18.2 Å². The van der Waals surface area contributed by atoms with Crippen molar-refractivity contribution in [3.8, 4) is 5.75 Å². The second kappa shape index (κ2) is 6.64. The maximum atomic E-state index is 5.55. The normalized spacial score (nSPS) is 19.6. The number of aryl methyl sites for hydroxylation is 1. The summed E-state index contributed by atoms with van der Waals surface area (Å²) in [7, 11) is 0. The number of hydrogen-bond donors (Lipinski definition) is 2. The SMILES string of the molecule is CCOc1ccc(NCC2CCCNC2)cc1C. The van der Waals surface area contributed by atoms with E-state index in [4.69, 9.17) is 4.74 Å². The molecule has 1 aromatic rings. The average Bonchev–Trinajstić information content (AvgIpc) is 2.41. The highest BCUT2D eigenvalue weighted by Gasteiger charge is 2.12. The van der Waals surface area contributed by atoms with Crippen LogP contribution in [0, 0.1) is 12.8 Å². The summed E-state index contributed by atoms with van der Waals surface area (Å²) in [6.45, 7) is 8.21. The minimum absolute atomic E-state index is 0.724. The van der Waals surface area contributed by atoms with E-state index in [1.165, 1.54) is 30.6 Å². The standard InChI is InChI=1S/C15H24N2O/c1-3-18-15-7-6-14(9-12(15)2)17-11-13-5-4-8-16-10-13/h6-7,9,13,16-17H,3-5,8,10-11H2,1-2H3. The molecule has 2 N–H and O–H groups in total. The number of nitrogens with one attached hydrogen (secondary N) is 2. The number of anilines is 1. The Morgan fingerprint density at radius 3 is 3.00 bits per heavy atom. The molecular formula is C15H24N2O. The molecule has 1 atom stereocenters. The second-order valence-corrected chi connectivity index (χ2v) is 5.01. The van der Waals surface area contributed by atoms with Crippen LogP contribution in [0.25, 0.3) is 0 Å². The molecule has 0 aliphatic carbocycles. The molecule has 3 nitrogen and oxygen atoms in total. The van der Waals surface area contributed by atoms with E-state index in [0.717, 1.165) is 31.4 Å². The van der Waals surface area contributed by atoms with Gasteiger partial charge in [-0.05, 0) is 69.5 Å². The maximum absolute atomic E-state index is 5.55. The minimum Gasteiger partial charge on any atom is -0.494 e. The lowest BCUT2D eigenvalue weighted by Crippen LogP contribution is -2.33. The van der Waals surface area contributed by atoms with Crippen molar-refractivity contribution in [2.75, 3.05) is 31.6 Å². The average molecular weight is 248 g/mol. The van der Waals surface area contributed by atoms with E-state index in [1.807, 2.05) is 6.92 Å². The summed E-state index contributed by atoms with van der Waals surface area (Å²) in [6.07, 6.45) is 2.63. The molecular weight excluding hydrogens is 224 g/mol. The third-order valence-electron chi connectivity index (χ3n) is 3.47. The van der Waals surface area contributed by atoms with E-state index in [9.17, 15) is 0 Å². The number of benzene rings is 1. The molecule has 1 aliphatic rings. The summed E-state index contributed by atoms with van der Waals surface area (Å²) in [6, 6.07) is 6.33. The minimum atomic E-state index is 0.724. The molecule has 0 amide bonds. The van der Waals surface area contributed by atoms with Crippen molar-refractivity contribution in [3.63, 3.8) is 0 Å². The smallest absolute Gasteiger partial charge is 0.122 e. The molecule has 1 aromatic carbocycles. The molecule has 0 saturated carbocycles. The van der Waals surface area contributed by atoms with Gasteiger partial charge >= 0.3 is 0 Å². The molecule has 1 heterocycles.